The fourth-order valence-electron chi connectivity index (χ4n) is 2.45. The number of hydrogen-bond donors (Lipinski definition) is 4. The molecule has 7 heteroatoms. The SMILES string of the molecule is COc1ccc(-c2cc(Nc3ccc(NC(=O)O)cc3C)n[nH]2)cc1. The lowest BCUT2D eigenvalue weighted by Crippen LogP contribution is -2.07. The minimum absolute atomic E-state index is 0.525. The molecule has 0 aliphatic heterocycles. The van der Waals surface area contributed by atoms with E-state index < -0.39 is 6.09 Å². The molecule has 0 saturated carbocycles. The standard InChI is InChI=1S/C18H18N4O3/c1-11-9-13(19-18(23)24)5-8-15(11)20-17-10-16(21-22-17)12-3-6-14(25-2)7-4-12/h3-10,19H,1-2H3,(H,23,24)(H2,20,21,22). The molecule has 25 heavy (non-hydrogen) atoms. The number of hydrogen-bond acceptors (Lipinski definition) is 4. The van der Waals surface area contributed by atoms with Gasteiger partial charge in [0.25, 0.3) is 0 Å². The molecule has 2 aromatic carbocycles. The van der Waals surface area contributed by atoms with Gasteiger partial charge in [-0.25, -0.2) is 4.79 Å². The summed E-state index contributed by atoms with van der Waals surface area (Å²) in [5.74, 6) is 1.47. The molecule has 3 rings (SSSR count). The Kier molecular flexibility index (Phi) is 4.56. The third-order valence-electron chi connectivity index (χ3n) is 3.72. The number of benzene rings is 2. The zero-order valence-corrected chi connectivity index (χ0v) is 13.8. The fraction of sp³-hybridized carbons (Fsp3) is 0.111. The molecule has 0 aliphatic rings. The van der Waals surface area contributed by atoms with E-state index in [1.54, 1.807) is 19.2 Å². The summed E-state index contributed by atoms with van der Waals surface area (Å²) in [7, 11) is 1.63. The third-order valence-corrected chi connectivity index (χ3v) is 3.72. The topological polar surface area (TPSA) is 99.3 Å². The number of ether oxygens (including phenoxy) is 1. The molecule has 0 fully saturated rings. The highest BCUT2D eigenvalue weighted by molar-refractivity contribution is 5.83. The predicted octanol–water partition coefficient (Wildman–Crippen LogP) is 4.23. The number of nitrogens with one attached hydrogen (secondary N) is 3. The Hall–Kier alpha value is -3.48. The molecule has 0 radical (unpaired) electrons. The minimum atomic E-state index is -1.09. The largest absolute Gasteiger partial charge is 0.497 e. The van der Waals surface area contributed by atoms with E-state index >= 15 is 0 Å². The van der Waals surface area contributed by atoms with Gasteiger partial charge in [-0.15, -0.1) is 0 Å². The number of H-pyrrole nitrogens is 1. The van der Waals surface area contributed by atoms with Crippen LogP contribution in [-0.2, 0) is 0 Å². The van der Waals surface area contributed by atoms with Crippen molar-refractivity contribution in [2.45, 2.75) is 6.92 Å². The zero-order chi connectivity index (χ0) is 17.8. The number of carbonyl (C=O) groups is 1. The first kappa shape index (κ1) is 16.4. The summed E-state index contributed by atoms with van der Waals surface area (Å²) >= 11 is 0. The second-order valence-electron chi connectivity index (χ2n) is 5.48. The zero-order valence-electron chi connectivity index (χ0n) is 13.8. The van der Waals surface area contributed by atoms with Crippen LogP contribution in [0.1, 0.15) is 5.56 Å². The van der Waals surface area contributed by atoms with Gasteiger partial charge in [0.1, 0.15) is 5.75 Å². The molecule has 0 spiro atoms. The molecule has 128 valence electrons. The monoisotopic (exact) mass is 338 g/mol. The van der Waals surface area contributed by atoms with Crippen molar-refractivity contribution in [3.05, 3.63) is 54.1 Å². The number of aryl methyl sites for hydroxylation is 1. The van der Waals surface area contributed by atoms with Gasteiger partial charge in [-0.3, -0.25) is 10.4 Å². The van der Waals surface area contributed by atoms with Crippen LogP contribution >= 0.6 is 0 Å². The van der Waals surface area contributed by atoms with Crippen molar-refractivity contribution in [2.75, 3.05) is 17.7 Å². The number of carboxylic acid groups (broad SMARTS) is 1. The van der Waals surface area contributed by atoms with Crippen molar-refractivity contribution < 1.29 is 14.6 Å². The quantitative estimate of drug-likeness (QED) is 0.558. The first-order chi connectivity index (χ1) is 12.0. The number of rotatable bonds is 5. The summed E-state index contributed by atoms with van der Waals surface area (Å²) in [5, 5.41) is 21.6. The van der Waals surface area contributed by atoms with Gasteiger partial charge in [0, 0.05) is 17.4 Å². The Morgan fingerprint density at radius 1 is 1.16 bits per heavy atom. The summed E-state index contributed by atoms with van der Waals surface area (Å²) in [6.45, 7) is 1.90. The number of aromatic amines is 1. The Morgan fingerprint density at radius 2 is 1.92 bits per heavy atom. The average molecular weight is 338 g/mol. The van der Waals surface area contributed by atoms with E-state index in [2.05, 4.69) is 20.8 Å². The van der Waals surface area contributed by atoms with Crippen molar-refractivity contribution in [1.82, 2.24) is 10.2 Å². The second-order valence-corrected chi connectivity index (χ2v) is 5.48. The summed E-state index contributed by atoms with van der Waals surface area (Å²) in [6.07, 6.45) is -1.09. The Labute approximate surface area is 144 Å². The molecule has 1 heterocycles. The maximum atomic E-state index is 10.7. The van der Waals surface area contributed by atoms with Crippen molar-refractivity contribution >= 4 is 23.3 Å². The highest BCUT2D eigenvalue weighted by Crippen LogP contribution is 2.26. The molecule has 0 atom stereocenters. The van der Waals surface area contributed by atoms with Crippen molar-refractivity contribution in [2.24, 2.45) is 0 Å². The summed E-state index contributed by atoms with van der Waals surface area (Å²) < 4.78 is 5.16. The molecular weight excluding hydrogens is 320 g/mol. The highest BCUT2D eigenvalue weighted by atomic mass is 16.5. The lowest BCUT2D eigenvalue weighted by atomic mass is 10.1. The Balaban J connectivity index is 1.75. The van der Waals surface area contributed by atoms with Crippen LogP contribution in [0.4, 0.5) is 22.0 Å². The van der Waals surface area contributed by atoms with E-state index in [1.165, 1.54) is 0 Å². The van der Waals surface area contributed by atoms with Crippen LogP contribution in [0.5, 0.6) is 5.75 Å². The lowest BCUT2D eigenvalue weighted by molar-refractivity contribution is 0.210. The molecule has 3 aromatic rings. The van der Waals surface area contributed by atoms with Gasteiger partial charge < -0.3 is 15.2 Å². The third kappa shape index (κ3) is 3.89. The molecule has 0 bridgehead atoms. The predicted molar refractivity (Wildman–Crippen MR) is 96.7 cm³/mol. The first-order valence-electron chi connectivity index (χ1n) is 7.62. The number of anilines is 3. The van der Waals surface area contributed by atoms with E-state index in [9.17, 15) is 4.79 Å². The molecule has 4 N–H and O–H groups in total. The van der Waals surface area contributed by atoms with Gasteiger partial charge in [-0.05, 0) is 60.5 Å². The Morgan fingerprint density at radius 3 is 2.56 bits per heavy atom. The number of nitrogens with zero attached hydrogens (tertiary/aromatic N) is 1. The lowest BCUT2D eigenvalue weighted by Gasteiger charge is -2.09. The molecule has 0 aliphatic carbocycles. The van der Waals surface area contributed by atoms with Gasteiger partial charge >= 0.3 is 6.09 Å². The molecule has 1 amide bonds. The highest BCUT2D eigenvalue weighted by Gasteiger charge is 2.07. The number of methoxy groups -OCH3 is 1. The van der Waals surface area contributed by atoms with Crippen LogP contribution < -0.4 is 15.4 Å². The average Bonchev–Trinajstić information content (AvgIpc) is 3.05. The molecule has 0 saturated heterocycles. The van der Waals surface area contributed by atoms with Crippen molar-refractivity contribution in [3.63, 3.8) is 0 Å². The first-order valence-corrected chi connectivity index (χ1v) is 7.62. The van der Waals surface area contributed by atoms with Crippen molar-refractivity contribution in [1.29, 1.82) is 0 Å². The van der Waals surface area contributed by atoms with Crippen LogP contribution in [0.25, 0.3) is 11.3 Å². The fourth-order valence-corrected chi connectivity index (χ4v) is 2.45. The second kappa shape index (κ2) is 6.96. The normalized spacial score (nSPS) is 10.3. The van der Waals surface area contributed by atoms with Crippen LogP contribution in [-0.4, -0.2) is 28.5 Å². The molecule has 1 aromatic heterocycles. The van der Waals surface area contributed by atoms with E-state index in [1.807, 2.05) is 43.3 Å². The van der Waals surface area contributed by atoms with Gasteiger partial charge in [0.2, 0.25) is 0 Å². The summed E-state index contributed by atoms with van der Waals surface area (Å²) in [6, 6.07) is 14.9. The minimum Gasteiger partial charge on any atom is -0.497 e. The van der Waals surface area contributed by atoms with E-state index in [0.29, 0.717) is 11.5 Å². The summed E-state index contributed by atoms with van der Waals surface area (Å²) in [5.41, 5.74) is 4.16. The molecule has 7 nitrogen and oxygen atoms in total. The molecule has 0 unspecified atom stereocenters. The van der Waals surface area contributed by atoms with Gasteiger partial charge in [-0.1, -0.05) is 0 Å². The Bertz CT molecular complexity index is 888. The van der Waals surface area contributed by atoms with E-state index in [-0.39, 0.29) is 0 Å². The van der Waals surface area contributed by atoms with Crippen molar-refractivity contribution in [3.8, 4) is 17.0 Å². The van der Waals surface area contributed by atoms with Gasteiger partial charge in [0.05, 0.1) is 12.8 Å². The number of aromatic nitrogens is 2. The number of amides is 1. The van der Waals surface area contributed by atoms with Crippen LogP contribution in [0.3, 0.4) is 0 Å². The van der Waals surface area contributed by atoms with Gasteiger partial charge in [0.15, 0.2) is 5.82 Å². The van der Waals surface area contributed by atoms with Crippen LogP contribution in [0.2, 0.25) is 0 Å². The molecular formula is C18H18N4O3. The summed E-state index contributed by atoms with van der Waals surface area (Å²) in [4.78, 5) is 10.7. The maximum Gasteiger partial charge on any atom is 0.409 e. The van der Waals surface area contributed by atoms with Crippen LogP contribution in [0.15, 0.2) is 48.5 Å². The van der Waals surface area contributed by atoms with Gasteiger partial charge in [-0.2, -0.15) is 5.10 Å². The van der Waals surface area contributed by atoms with E-state index in [0.717, 1.165) is 28.3 Å². The smallest absolute Gasteiger partial charge is 0.409 e. The maximum absolute atomic E-state index is 10.7. The van der Waals surface area contributed by atoms with Crippen LogP contribution in [0, 0.1) is 6.92 Å². The van der Waals surface area contributed by atoms with E-state index in [4.69, 9.17) is 9.84 Å².